The molecule has 0 saturated carbocycles. The van der Waals surface area contributed by atoms with Crippen LogP contribution in [0.25, 0.3) is 0 Å². The van der Waals surface area contributed by atoms with E-state index in [1.807, 2.05) is 0 Å². The number of nitrogens with zero attached hydrogens (tertiary/aromatic N) is 3. The Morgan fingerprint density at radius 1 is 1.76 bits per heavy atom. The van der Waals surface area contributed by atoms with Gasteiger partial charge in [-0.25, -0.2) is 4.39 Å². The fraction of sp³-hybridized carbons (Fsp3) is 0.625. The first kappa shape index (κ1) is 10.6. The molecule has 1 aromatic heterocycles. The summed E-state index contributed by atoms with van der Waals surface area (Å²) < 4.78 is 25.8. The highest BCUT2D eigenvalue weighted by atomic mass is 19.1. The van der Waals surface area contributed by atoms with Crippen molar-refractivity contribution in [1.82, 2.24) is 9.55 Å². The topological polar surface area (TPSA) is 111 Å². The lowest BCUT2D eigenvalue weighted by Gasteiger charge is -2.13. The molecular formula is C8H10FN3O5. The second-order valence-corrected chi connectivity index (χ2v) is 3.44. The summed E-state index contributed by atoms with van der Waals surface area (Å²) in [6.45, 7) is -1.12. The molecule has 1 fully saturated rings. The molecule has 0 radical (unpaired) electrons. The van der Waals surface area contributed by atoms with Gasteiger partial charge in [-0.05, 0) is 4.92 Å². The van der Waals surface area contributed by atoms with E-state index in [-0.39, 0.29) is 0 Å². The molecule has 1 aliphatic rings. The minimum atomic E-state index is -2.60. The highest BCUT2D eigenvalue weighted by Gasteiger charge is 2.46. The second kappa shape index (κ2) is 4.35. The highest BCUT2D eigenvalue weighted by Crippen LogP contribution is 2.31. The molecule has 1 aliphatic heterocycles. The van der Waals surface area contributed by atoms with Gasteiger partial charge < -0.3 is 25.1 Å². The summed E-state index contributed by atoms with van der Waals surface area (Å²) in [6, 6.07) is 0. The number of ether oxygens (including phenoxy) is 1. The van der Waals surface area contributed by atoms with Gasteiger partial charge in [0.1, 0.15) is 37.4 Å². The van der Waals surface area contributed by atoms with Crippen LogP contribution < -0.4 is 0 Å². The van der Waals surface area contributed by atoms with Gasteiger partial charge in [0.05, 0.1) is 1.37 Å². The summed E-state index contributed by atoms with van der Waals surface area (Å²) >= 11 is 0. The first-order valence-electron chi connectivity index (χ1n) is 5.18. The zero-order valence-electron chi connectivity index (χ0n) is 9.43. The molecule has 0 unspecified atom stereocenters. The number of imidazole rings is 1. The van der Waals surface area contributed by atoms with Crippen molar-refractivity contribution in [1.29, 1.82) is 0 Å². The molecule has 0 spiro atoms. The first-order chi connectivity index (χ1) is 8.39. The Bertz CT molecular complexity index is 467. The average Bonchev–Trinajstić information content (AvgIpc) is 2.84. The molecule has 2 rings (SSSR count). The van der Waals surface area contributed by atoms with Crippen LogP contribution in [-0.2, 0) is 4.74 Å². The summed E-state index contributed by atoms with van der Waals surface area (Å²) in [5, 5.41) is 29.9. The molecule has 2 heterocycles. The predicted molar refractivity (Wildman–Crippen MR) is 50.8 cm³/mol. The number of nitro groups is 1. The largest absolute Gasteiger partial charge is 0.436 e. The van der Waals surface area contributed by atoms with Gasteiger partial charge >= 0.3 is 5.95 Å². The van der Waals surface area contributed by atoms with Crippen LogP contribution in [0.3, 0.4) is 0 Å². The zero-order valence-corrected chi connectivity index (χ0v) is 8.43. The van der Waals surface area contributed by atoms with Gasteiger partial charge in [0.2, 0.25) is 6.23 Å². The van der Waals surface area contributed by atoms with Crippen molar-refractivity contribution in [2.45, 2.75) is 24.5 Å². The van der Waals surface area contributed by atoms with E-state index in [1.54, 1.807) is 0 Å². The van der Waals surface area contributed by atoms with Crippen molar-refractivity contribution in [3.63, 3.8) is 0 Å². The Hall–Kier alpha value is -1.58. The van der Waals surface area contributed by atoms with Crippen LogP contribution in [-0.4, -0.2) is 49.6 Å². The quantitative estimate of drug-likeness (QED) is 0.544. The molecule has 0 bridgehead atoms. The summed E-state index contributed by atoms with van der Waals surface area (Å²) in [6.07, 6.45) is -5.24. The summed E-state index contributed by atoms with van der Waals surface area (Å²) in [4.78, 5) is 13.2. The lowest BCUT2D eigenvalue weighted by Crippen LogP contribution is -2.32. The van der Waals surface area contributed by atoms with Gasteiger partial charge in [-0.1, -0.05) is 4.98 Å². The second-order valence-electron chi connectivity index (χ2n) is 3.44. The van der Waals surface area contributed by atoms with Gasteiger partial charge in [-0.2, -0.15) is 4.57 Å². The fourth-order valence-electron chi connectivity index (χ4n) is 1.60. The van der Waals surface area contributed by atoms with E-state index < -0.39 is 42.1 Å². The monoisotopic (exact) mass is 248 g/mol. The SMILES string of the molecule is [2H][C@]1(O)[C@H](O)[C@@H](CF)O[C@H]1n1ccnc1[N+](=O)[O-]. The number of alkyl halides is 1. The van der Waals surface area contributed by atoms with E-state index in [2.05, 4.69) is 4.98 Å². The summed E-state index contributed by atoms with van der Waals surface area (Å²) in [5.41, 5.74) is 0. The molecule has 94 valence electrons. The van der Waals surface area contributed by atoms with Gasteiger partial charge in [0.25, 0.3) is 0 Å². The van der Waals surface area contributed by atoms with Gasteiger partial charge in [0.15, 0.2) is 0 Å². The Balaban J connectivity index is 2.39. The molecule has 2 N–H and O–H groups in total. The standard InChI is InChI=1S/C8H10FN3O5/c9-3-4-5(13)6(14)7(17-4)11-2-1-10-8(11)12(15)16/h1-2,4-7,13-14H,3H2/t4-,5-,6+,7-/m1/s1/i6D. The third-order valence-electron chi connectivity index (χ3n) is 2.43. The molecule has 4 atom stereocenters. The maximum absolute atomic E-state index is 12.5. The molecule has 0 aliphatic carbocycles. The maximum atomic E-state index is 12.5. The minimum Gasteiger partial charge on any atom is -0.390 e. The summed E-state index contributed by atoms with van der Waals surface area (Å²) in [7, 11) is 0. The average molecular weight is 248 g/mol. The van der Waals surface area contributed by atoms with Crippen LogP contribution in [0.15, 0.2) is 12.4 Å². The van der Waals surface area contributed by atoms with Crippen molar-refractivity contribution in [3.8, 4) is 0 Å². The number of aromatic nitrogens is 2. The first-order valence-corrected chi connectivity index (χ1v) is 4.68. The maximum Gasteiger partial charge on any atom is 0.436 e. The van der Waals surface area contributed by atoms with Crippen molar-refractivity contribution in [2.75, 3.05) is 6.67 Å². The Morgan fingerprint density at radius 2 is 2.47 bits per heavy atom. The molecule has 1 aromatic rings. The minimum absolute atomic E-state index is 0.669. The third-order valence-corrected chi connectivity index (χ3v) is 2.43. The van der Waals surface area contributed by atoms with E-state index >= 15 is 0 Å². The smallest absolute Gasteiger partial charge is 0.390 e. The molecule has 8 nitrogen and oxygen atoms in total. The van der Waals surface area contributed by atoms with Gasteiger partial charge in [-0.3, -0.25) is 0 Å². The Kier molecular flexibility index (Phi) is 2.71. The lowest BCUT2D eigenvalue weighted by atomic mass is 10.1. The molecular weight excluding hydrogens is 237 g/mol. The number of halogens is 1. The van der Waals surface area contributed by atoms with E-state index in [4.69, 9.17) is 6.11 Å². The lowest BCUT2D eigenvalue weighted by molar-refractivity contribution is -0.398. The Morgan fingerprint density at radius 3 is 3.00 bits per heavy atom. The highest BCUT2D eigenvalue weighted by molar-refractivity contribution is 5.09. The molecule has 0 amide bonds. The van der Waals surface area contributed by atoms with Crippen LogP contribution in [0.1, 0.15) is 7.60 Å². The molecule has 0 aromatic carbocycles. The van der Waals surface area contributed by atoms with Crippen molar-refractivity contribution >= 4 is 5.95 Å². The Labute approximate surface area is 95.8 Å². The van der Waals surface area contributed by atoms with E-state index in [0.29, 0.717) is 0 Å². The van der Waals surface area contributed by atoms with Gasteiger partial charge in [-0.15, -0.1) is 0 Å². The zero-order chi connectivity index (χ0) is 13.5. The van der Waals surface area contributed by atoms with Crippen LogP contribution in [0.4, 0.5) is 10.3 Å². The normalized spacial score (nSPS) is 38.1. The van der Waals surface area contributed by atoms with Crippen LogP contribution in [0, 0.1) is 10.1 Å². The summed E-state index contributed by atoms with van der Waals surface area (Å²) in [5.74, 6) is -0.669. The van der Waals surface area contributed by atoms with Gasteiger partial charge in [0, 0.05) is 0 Å². The van der Waals surface area contributed by atoms with E-state index in [9.17, 15) is 24.7 Å². The number of rotatable bonds is 3. The number of aliphatic hydroxyl groups is 2. The molecule has 17 heavy (non-hydrogen) atoms. The fourth-order valence-corrected chi connectivity index (χ4v) is 1.60. The van der Waals surface area contributed by atoms with Crippen LogP contribution in [0.5, 0.6) is 0 Å². The van der Waals surface area contributed by atoms with E-state index in [1.165, 1.54) is 0 Å². The van der Waals surface area contributed by atoms with Crippen LogP contribution in [0.2, 0.25) is 0 Å². The van der Waals surface area contributed by atoms with E-state index in [0.717, 1.165) is 17.0 Å². The van der Waals surface area contributed by atoms with Crippen molar-refractivity contribution in [2.24, 2.45) is 0 Å². The molecule has 9 heteroatoms. The number of aliphatic hydroxyl groups excluding tert-OH is 1. The number of hydrogen-bond acceptors (Lipinski definition) is 6. The van der Waals surface area contributed by atoms with Crippen molar-refractivity contribution in [3.05, 3.63) is 22.5 Å². The third kappa shape index (κ3) is 1.88. The van der Waals surface area contributed by atoms with Crippen LogP contribution >= 0.6 is 0 Å². The molecule has 1 saturated heterocycles. The predicted octanol–water partition coefficient (Wildman–Crippen LogP) is -0.620. The van der Waals surface area contributed by atoms with Crippen molar-refractivity contribution < 1.29 is 25.6 Å². The number of hydrogen-bond donors (Lipinski definition) is 2.